The summed E-state index contributed by atoms with van der Waals surface area (Å²) in [7, 11) is 4.07. The van der Waals surface area contributed by atoms with Crippen molar-refractivity contribution in [3.05, 3.63) is 29.8 Å². The molecule has 2 atom stereocenters. The van der Waals surface area contributed by atoms with Crippen molar-refractivity contribution in [2.75, 3.05) is 27.2 Å². The van der Waals surface area contributed by atoms with Gasteiger partial charge in [-0.25, -0.2) is 4.39 Å². The minimum absolute atomic E-state index is 0.148. The molecule has 19 heavy (non-hydrogen) atoms. The van der Waals surface area contributed by atoms with Crippen molar-refractivity contribution in [1.82, 2.24) is 15.2 Å². The molecular formula is C15H26FN3. The van der Waals surface area contributed by atoms with E-state index in [9.17, 15) is 4.39 Å². The van der Waals surface area contributed by atoms with E-state index in [1.54, 1.807) is 6.07 Å². The minimum Gasteiger partial charge on any atom is -0.311 e. The predicted octanol–water partition coefficient (Wildman–Crippen LogP) is 2.71. The zero-order valence-corrected chi connectivity index (χ0v) is 12.7. The standard InChI is InChI=1S/C15H26FN3/c1-11(2)9-19(5)10-12(3)15(17-4)14-7-6-13(16)8-18-14/h6-8,11-12,15,17H,9-10H2,1-5H3. The first kappa shape index (κ1) is 16.1. The van der Waals surface area contributed by atoms with Gasteiger partial charge in [0.25, 0.3) is 0 Å². The van der Waals surface area contributed by atoms with Gasteiger partial charge in [0.2, 0.25) is 0 Å². The summed E-state index contributed by atoms with van der Waals surface area (Å²) in [5, 5.41) is 3.28. The zero-order valence-electron chi connectivity index (χ0n) is 12.7. The van der Waals surface area contributed by atoms with E-state index in [-0.39, 0.29) is 11.9 Å². The predicted molar refractivity (Wildman–Crippen MR) is 77.5 cm³/mol. The van der Waals surface area contributed by atoms with Gasteiger partial charge in [0.15, 0.2) is 0 Å². The molecule has 0 spiro atoms. The van der Waals surface area contributed by atoms with Gasteiger partial charge < -0.3 is 10.2 Å². The van der Waals surface area contributed by atoms with Crippen LogP contribution in [-0.2, 0) is 0 Å². The van der Waals surface area contributed by atoms with Crippen molar-refractivity contribution in [2.24, 2.45) is 11.8 Å². The van der Waals surface area contributed by atoms with Gasteiger partial charge in [-0.1, -0.05) is 20.8 Å². The highest BCUT2D eigenvalue weighted by Gasteiger charge is 2.20. The van der Waals surface area contributed by atoms with Crippen LogP contribution in [0.15, 0.2) is 18.3 Å². The first-order chi connectivity index (χ1) is 8.93. The average Bonchev–Trinajstić information content (AvgIpc) is 2.31. The molecule has 1 aromatic rings. The van der Waals surface area contributed by atoms with Gasteiger partial charge in [0.1, 0.15) is 5.82 Å². The molecule has 0 aliphatic heterocycles. The summed E-state index contributed by atoms with van der Waals surface area (Å²) in [5.74, 6) is 0.782. The molecule has 2 unspecified atom stereocenters. The highest BCUT2D eigenvalue weighted by atomic mass is 19.1. The van der Waals surface area contributed by atoms with Crippen molar-refractivity contribution in [3.8, 4) is 0 Å². The van der Waals surface area contributed by atoms with E-state index in [4.69, 9.17) is 0 Å². The van der Waals surface area contributed by atoms with Crippen molar-refractivity contribution in [3.63, 3.8) is 0 Å². The molecular weight excluding hydrogens is 241 g/mol. The molecule has 0 radical (unpaired) electrons. The summed E-state index contributed by atoms with van der Waals surface area (Å²) in [5.41, 5.74) is 0.898. The Morgan fingerprint density at radius 2 is 1.95 bits per heavy atom. The number of aromatic nitrogens is 1. The van der Waals surface area contributed by atoms with E-state index in [2.05, 4.69) is 43.0 Å². The third-order valence-corrected chi connectivity index (χ3v) is 3.23. The van der Waals surface area contributed by atoms with Gasteiger partial charge >= 0.3 is 0 Å². The van der Waals surface area contributed by atoms with Gasteiger partial charge in [0, 0.05) is 13.1 Å². The van der Waals surface area contributed by atoms with E-state index >= 15 is 0 Å². The molecule has 0 aromatic carbocycles. The van der Waals surface area contributed by atoms with Crippen molar-refractivity contribution in [2.45, 2.75) is 26.8 Å². The van der Waals surface area contributed by atoms with Crippen LogP contribution < -0.4 is 5.32 Å². The molecule has 0 bridgehead atoms. The summed E-state index contributed by atoms with van der Waals surface area (Å²) < 4.78 is 12.9. The van der Waals surface area contributed by atoms with Crippen LogP contribution in [0, 0.1) is 17.7 Å². The van der Waals surface area contributed by atoms with Crippen molar-refractivity contribution < 1.29 is 4.39 Å². The molecule has 0 saturated carbocycles. The summed E-state index contributed by atoms with van der Waals surface area (Å²) in [4.78, 5) is 6.52. The Morgan fingerprint density at radius 1 is 1.26 bits per heavy atom. The van der Waals surface area contributed by atoms with E-state index in [0.29, 0.717) is 11.8 Å². The number of hydrogen-bond donors (Lipinski definition) is 1. The van der Waals surface area contributed by atoms with Crippen LogP contribution in [-0.4, -0.2) is 37.1 Å². The lowest BCUT2D eigenvalue weighted by atomic mass is 9.97. The van der Waals surface area contributed by atoms with Gasteiger partial charge in [-0.05, 0) is 38.1 Å². The molecule has 1 N–H and O–H groups in total. The first-order valence-electron chi connectivity index (χ1n) is 6.91. The second kappa shape index (κ2) is 7.56. The number of hydrogen-bond acceptors (Lipinski definition) is 3. The van der Waals surface area contributed by atoms with Crippen LogP contribution in [0.25, 0.3) is 0 Å². The second-order valence-electron chi connectivity index (χ2n) is 5.76. The molecule has 1 heterocycles. The minimum atomic E-state index is -0.289. The molecule has 4 heteroatoms. The zero-order chi connectivity index (χ0) is 14.4. The molecule has 0 aliphatic carbocycles. The van der Waals surface area contributed by atoms with Crippen LogP contribution in [0.3, 0.4) is 0 Å². The van der Waals surface area contributed by atoms with Gasteiger partial charge in [-0.15, -0.1) is 0 Å². The fourth-order valence-electron chi connectivity index (χ4n) is 2.59. The number of halogens is 1. The molecule has 1 rings (SSSR count). The lowest BCUT2D eigenvalue weighted by Crippen LogP contribution is -2.34. The fraction of sp³-hybridized carbons (Fsp3) is 0.667. The Hall–Kier alpha value is -1.00. The lowest BCUT2D eigenvalue weighted by molar-refractivity contribution is 0.229. The summed E-state index contributed by atoms with van der Waals surface area (Å²) in [6, 6.07) is 3.38. The topological polar surface area (TPSA) is 28.2 Å². The van der Waals surface area contributed by atoms with Crippen molar-refractivity contribution >= 4 is 0 Å². The van der Waals surface area contributed by atoms with Crippen molar-refractivity contribution in [1.29, 1.82) is 0 Å². The van der Waals surface area contributed by atoms with Crippen LogP contribution in [0.4, 0.5) is 4.39 Å². The number of pyridine rings is 1. The molecule has 0 amide bonds. The summed E-state index contributed by atoms with van der Waals surface area (Å²) >= 11 is 0. The highest BCUT2D eigenvalue weighted by molar-refractivity contribution is 5.10. The SMILES string of the molecule is CNC(c1ccc(F)cn1)C(C)CN(C)CC(C)C. The van der Waals surface area contributed by atoms with Crippen LogP contribution >= 0.6 is 0 Å². The fourth-order valence-corrected chi connectivity index (χ4v) is 2.59. The Bertz CT molecular complexity index is 364. The lowest BCUT2D eigenvalue weighted by Gasteiger charge is -2.28. The smallest absolute Gasteiger partial charge is 0.141 e. The number of nitrogens with one attached hydrogen (secondary N) is 1. The normalized spacial score (nSPS) is 14.9. The maximum atomic E-state index is 12.9. The molecule has 3 nitrogen and oxygen atoms in total. The van der Waals surface area contributed by atoms with E-state index in [1.807, 2.05) is 7.05 Å². The molecule has 0 aliphatic rings. The van der Waals surface area contributed by atoms with E-state index in [0.717, 1.165) is 18.8 Å². The van der Waals surface area contributed by atoms with Crippen LogP contribution in [0.2, 0.25) is 0 Å². The largest absolute Gasteiger partial charge is 0.311 e. The Morgan fingerprint density at radius 3 is 2.42 bits per heavy atom. The third-order valence-electron chi connectivity index (χ3n) is 3.23. The van der Waals surface area contributed by atoms with Crippen LogP contribution in [0.5, 0.6) is 0 Å². The Labute approximate surface area is 116 Å². The maximum Gasteiger partial charge on any atom is 0.141 e. The summed E-state index contributed by atoms with van der Waals surface area (Å²) in [6.45, 7) is 8.71. The summed E-state index contributed by atoms with van der Waals surface area (Å²) in [6.07, 6.45) is 1.28. The molecule has 0 fully saturated rings. The molecule has 1 aromatic heterocycles. The third kappa shape index (κ3) is 5.25. The van der Waals surface area contributed by atoms with Gasteiger partial charge in [-0.3, -0.25) is 4.98 Å². The quantitative estimate of drug-likeness (QED) is 0.823. The van der Waals surface area contributed by atoms with Gasteiger partial charge in [0.05, 0.1) is 17.9 Å². The Kier molecular flexibility index (Phi) is 6.38. The molecule has 108 valence electrons. The molecule has 0 saturated heterocycles. The van der Waals surface area contributed by atoms with E-state index < -0.39 is 0 Å². The van der Waals surface area contributed by atoms with Crippen LogP contribution in [0.1, 0.15) is 32.5 Å². The first-order valence-corrected chi connectivity index (χ1v) is 6.91. The Balaban J connectivity index is 2.66. The average molecular weight is 267 g/mol. The highest BCUT2D eigenvalue weighted by Crippen LogP contribution is 2.20. The van der Waals surface area contributed by atoms with E-state index in [1.165, 1.54) is 12.3 Å². The number of rotatable bonds is 7. The van der Waals surface area contributed by atoms with Gasteiger partial charge in [-0.2, -0.15) is 0 Å². The monoisotopic (exact) mass is 267 g/mol. The number of nitrogens with zero attached hydrogens (tertiary/aromatic N) is 2. The second-order valence-corrected chi connectivity index (χ2v) is 5.76. The maximum absolute atomic E-state index is 12.9.